The summed E-state index contributed by atoms with van der Waals surface area (Å²) in [5.41, 5.74) is 6.98. The predicted molar refractivity (Wildman–Crippen MR) is 164 cm³/mol. The second kappa shape index (κ2) is 9.37. The van der Waals surface area contributed by atoms with E-state index in [1.165, 1.54) is 19.4 Å². The molecule has 6 nitrogen and oxygen atoms in total. The molecule has 0 aliphatic carbocycles. The van der Waals surface area contributed by atoms with Gasteiger partial charge < -0.3 is 0 Å². The molecule has 0 fully saturated rings. The molecule has 8 rings (SSSR count). The Morgan fingerprint density at radius 3 is 1.98 bits per heavy atom. The molecule has 0 aliphatic heterocycles. The summed E-state index contributed by atoms with van der Waals surface area (Å²) in [7, 11) is 0. The molecule has 0 bridgehead atoms. The molecule has 7 heteroatoms. The van der Waals surface area contributed by atoms with Gasteiger partial charge in [-0.2, -0.15) is 0 Å². The molecule has 0 saturated heterocycles. The van der Waals surface area contributed by atoms with Gasteiger partial charge in [-0.1, -0.05) is 6.07 Å². The fraction of sp³-hybridized carbons (Fsp3) is 0.0588. The standard InChI is InChI=1S/C34H22N4O2Se/c1-19-15-17-23-21-7-3-9-25(31(21)40-33(23)35-19)27-11-5-13-29(37-27)39-30-14-6-12-28(38-30)26-10-4-8-22-24-18-16-20(2)36-34(24)41-32(22)26/h3-18H,1-2H3. The van der Waals surface area contributed by atoms with Crippen molar-refractivity contribution in [2.45, 2.75) is 13.8 Å². The van der Waals surface area contributed by atoms with Gasteiger partial charge >= 0.3 is 195 Å². The minimum atomic E-state index is 0.119. The van der Waals surface area contributed by atoms with Crippen molar-refractivity contribution in [2.24, 2.45) is 0 Å². The number of aryl methyl sites for hydroxylation is 2. The van der Waals surface area contributed by atoms with E-state index in [0.717, 1.165) is 50.3 Å². The first kappa shape index (κ1) is 24.0. The number of furan rings is 1. The van der Waals surface area contributed by atoms with Crippen molar-refractivity contribution in [3.8, 4) is 34.3 Å². The average molecular weight is 598 g/mol. The predicted octanol–water partition coefficient (Wildman–Crippen LogP) is 8.27. The summed E-state index contributed by atoms with van der Waals surface area (Å²) in [6.45, 7) is 4.00. The Bertz CT molecular complexity index is 2120. The first-order valence-electron chi connectivity index (χ1n) is 13.3. The van der Waals surface area contributed by atoms with Crippen LogP contribution in [-0.2, 0) is 0 Å². The average Bonchev–Trinajstić information content (AvgIpc) is 3.54. The van der Waals surface area contributed by atoms with Crippen LogP contribution < -0.4 is 4.74 Å². The monoisotopic (exact) mass is 598 g/mol. The Hall–Kier alpha value is -4.84. The van der Waals surface area contributed by atoms with E-state index in [1.807, 2.05) is 68.4 Å². The zero-order valence-electron chi connectivity index (χ0n) is 22.3. The second-order valence-corrected chi connectivity index (χ2v) is 12.1. The summed E-state index contributed by atoms with van der Waals surface area (Å²) in [5, 5.41) is 4.48. The fourth-order valence-corrected chi connectivity index (χ4v) is 7.90. The minimum absolute atomic E-state index is 0.119. The molecule has 6 aromatic heterocycles. The molecule has 6 heterocycles. The zero-order chi connectivity index (χ0) is 27.5. The molecule has 0 unspecified atom stereocenters. The Labute approximate surface area is 241 Å². The van der Waals surface area contributed by atoms with Crippen molar-refractivity contribution >= 4 is 56.0 Å². The molecule has 0 spiro atoms. The van der Waals surface area contributed by atoms with Gasteiger partial charge in [0.05, 0.1) is 0 Å². The van der Waals surface area contributed by atoms with Crippen molar-refractivity contribution in [1.82, 2.24) is 19.9 Å². The number of nitrogens with zero attached hydrogens (tertiary/aromatic N) is 4. The SMILES string of the molecule is Cc1ccc2c(n1)oc1c(-c3cccc(Oc4cccc(-c5cccc6c5[se]c5nc(C)ccc56)n4)n3)cccc12. The van der Waals surface area contributed by atoms with Crippen LogP contribution in [0.5, 0.6) is 11.8 Å². The molecule has 8 aromatic rings. The zero-order valence-corrected chi connectivity index (χ0v) is 24.0. The van der Waals surface area contributed by atoms with Crippen molar-refractivity contribution in [2.75, 3.05) is 0 Å². The van der Waals surface area contributed by atoms with Gasteiger partial charge in [0.2, 0.25) is 5.71 Å². The van der Waals surface area contributed by atoms with Gasteiger partial charge in [0, 0.05) is 11.1 Å². The van der Waals surface area contributed by atoms with Gasteiger partial charge in [0.1, 0.15) is 0 Å². The topological polar surface area (TPSA) is 73.9 Å². The van der Waals surface area contributed by atoms with Crippen LogP contribution in [0.25, 0.3) is 64.0 Å². The molecule has 0 atom stereocenters. The summed E-state index contributed by atoms with van der Waals surface area (Å²) in [6, 6.07) is 32.4. The van der Waals surface area contributed by atoms with E-state index in [0.29, 0.717) is 17.5 Å². The van der Waals surface area contributed by atoms with E-state index >= 15 is 0 Å². The molecule has 0 amide bonds. The Morgan fingerprint density at radius 1 is 0.561 bits per heavy atom. The van der Waals surface area contributed by atoms with Crippen LogP contribution in [0.3, 0.4) is 0 Å². The third-order valence-corrected chi connectivity index (χ3v) is 9.62. The summed E-state index contributed by atoms with van der Waals surface area (Å²) < 4.78 is 14.9. The maximum absolute atomic E-state index is 6.21. The normalized spacial score (nSPS) is 11.7. The number of aromatic nitrogens is 4. The Morgan fingerprint density at radius 2 is 1.20 bits per heavy atom. The van der Waals surface area contributed by atoms with Gasteiger partial charge in [0.15, 0.2) is 0 Å². The molecule has 41 heavy (non-hydrogen) atoms. The van der Waals surface area contributed by atoms with Gasteiger partial charge in [-0.3, -0.25) is 0 Å². The summed E-state index contributed by atoms with van der Waals surface area (Å²) in [4.78, 5) is 19.1. The van der Waals surface area contributed by atoms with E-state index in [9.17, 15) is 0 Å². The van der Waals surface area contributed by atoms with E-state index < -0.39 is 0 Å². The number of pyridine rings is 4. The molecular formula is C34H22N4O2Se. The number of rotatable bonds is 4. The second-order valence-electron chi connectivity index (χ2n) is 10.0. The van der Waals surface area contributed by atoms with Crippen LogP contribution in [-0.4, -0.2) is 34.4 Å². The maximum atomic E-state index is 6.21. The van der Waals surface area contributed by atoms with Crippen molar-refractivity contribution in [3.63, 3.8) is 0 Å². The number of benzene rings is 2. The molecule has 0 saturated carbocycles. The smallest absolute Gasteiger partial charge is 0.0504 e. The number of hydrogen-bond donors (Lipinski definition) is 0. The quantitative estimate of drug-likeness (QED) is 0.190. The summed E-state index contributed by atoms with van der Waals surface area (Å²) in [5.74, 6) is 0.951. The molecule has 2 aromatic carbocycles. The van der Waals surface area contributed by atoms with Crippen LogP contribution in [0.15, 0.2) is 101 Å². The van der Waals surface area contributed by atoms with Crippen LogP contribution in [0, 0.1) is 13.8 Å². The van der Waals surface area contributed by atoms with Crippen molar-refractivity contribution in [1.29, 1.82) is 0 Å². The fourth-order valence-electron chi connectivity index (χ4n) is 5.30. The third kappa shape index (κ3) is 4.10. The first-order valence-corrected chi connectivity index (χ1v) is 15.0. The number of para-hydroxylation sites is 1. The number of fused-ring (bicyclic) bond motifs is 6. The molecule has 0 N–H and O–H groups in total. The number of ether oxygens (including phenoxy) is 1. The van der Waals surface area contributed by atoms with Gasteiger partial charge in [-0.25, -0.2) is 4.98 Å². The van der Waals surface area contributed by atoms with Crippen LogP contribution >= 0.6 is 0 Å². The first-order chi connectivity index (χ1) is 20.1. The summed E-state index contributed by atoms with van der Waals surface area (Å²) >= 11 is 0.119. The van der Waals surface area contributed by atoms with Gasteiger partial charge in [0.25, 0.3) is 0 Å². The summed E-state index contributed by atoms with van der Waals surface area (Å²) in [6.07, 6.45) is 0. The number of hydrogen-bond acceptors (Lipinski definition) is 6. The Balaban J connectivity index is 1.16. The molecule has 0 radical (unpaired) electrons. The molecule has 0 aliphatic rings. The van der Waals surface area contributed by atoms with E-state index in [2.05, 4.69) is 47.4 Å². The van der Waals surface area contributed by atoms with Crippen LogP contribution in [0.1, 0.15) is 11.4 Å². The van der Waals surface area contributed by atoms with Crippen molar-refractivity contribution in [3.05, 3.63) is 108 Å². The van der Waals surface area contributed by atoms with E-state index in [4.69, 9.17) is 24.1 Å². The van der Waals surface area contributed by atoms with Gasteiger partial charge in [-0.05, 0) is 19.1 Å². The van der Waals surface area contributed by atoms with E-state index in [-0.39, 0.29) is 14.5 Å². The van der Waals surface area contributed by atoms with Gasteiger partial charge in [-0.15, -0.1) is 0 Å². The Kier molecular flexibility index (Phi) is 5.49. The van der Waals surface area contributed by atoms with Crippen molar-refractivity contribution < 1.29 is 9.15 Å². The van der Waals surface area contributed by atoms with Crippen LogP contribution in [0.2, 0.25) is 0 Å². The molecular weight excluding hydrogens is 575 g/mol. The minimum Gasteiger partial charge on any atom is -0.0504 e. The molecule has 196 valence electrons. The van der Waals surface area contributed by atoms with E-state index in [1.54, 1.807) is 0 Å². The third-order valence-electron chi connectivity index (χ3n) is 7.22. The van der Waals surface area contributed by atoms with Crippen LogP contribution in [0.4, 0.5) is 0 Å².